The molecule has 0 saturated carbocycles. The van der Waals surface area contributed by atoms with E-state index in [0.29, 0.717) is 12.2 Å². The van der Waals surface area contributed by atoms with Gasteiger partial charge in [0.25, 0.3) is 0 Å². The fourth-order valence-electron chi connectivity index (χ4n) is 1.29. The Balaban J connectivity index is 2.22. The smallest absolute Gasteiger partial charge is 0.303 e. The van der Waals surface area contributed by atoms with E-state index in [2.05, 4.69) is 16.0 Å². The standard InChI is InChI=1S/C10H9N2O2/c13-10(14)6-5-9-11-7-3-1-2-4-8(7)12-9/h1,3-4H,5-6H2,(H,11,12)(H,13,14). The van der Waals surface area contributed by atoms with Crippen molar-refractivity contribution >= 4 is 17.0 Å². The highest BCUT2D eigenvalue weighted by Crippen LogP contribution is 2.10. The Kier molecular flexibility index (Phi) is 2.18. The van der Waals surface area contributed by atoms with E-state index in [9.17, 15) is 4.79 Å². The summed E-state index contributed by atoms with van der Waals surface area (Å²) in [4.78, 5) is 17.6. The molecule has 0 atom stereocenters. The van der Waals surface area contributed by atoms with Crippen molar-refractivity contribution in [2.45, 2.75) is 12.8 Å². The van der Waals surface area contributed by atoms with Gasteiger partial charge in [-0.1, -0.05) is 6.07 Å². The van der Waals surface area contributed by atoms with Crippen molar-refractivity contribution in [3.63, 3.8) is 0 Å². The first-order chi connectivity index (χ1) is 6.75. The predicted molar refractivity (Wildman–Crippen MR) is 50.9 cm³/mol. The summed E-state index contributed by atoms with van der Waals surface area (Å²) in [6.07, 6.45) is 0.535. The molecule has 1 aromatic heterocycles. The third-order valence-electron chi connectivity index (χ3n) is 1.95. The highest BCUT2D eigenvalue weighted by atomic mass is 16.4. The van der Waals surface area contributed by atoms with Crippen LogP contribution in [0.5, 0.6) is 0 Å². The number of aromatic amines is 1. The molecule has 1 aromatic carbocycles. The SMILES string of the molecule is O=C(O)CCc1nc2cc[c]cc2[nH]1. The molecule has 1 heterocycles. The van der Waals surface area contributed by atoms with Crippen molar-refractivity contribution in [2.24, 2.45) is 0 Å². The fraction of sp³-hybridized carbons (Fsp3) is 0.200. The lowest BCUT2D eigenvalue weighted by molar-refractivity contribution is -0.137. The highest BCUT2D eigenvalue weighted by Gasteiger charge is 2.03. The summed E-state index contributed by atoms with van der Waals surface area (Å²) in [6, 6.07) is 8.35. The number of carboxylic acid groups (broad SMARTS) is 1. The van der Waals surface area contributed by atoms with E-state index in [1.807, 2.05) is 6.07 Å². The summed E-state index contributed by atoms with van der Waals surface area (Å²) in [7, 11) is 0. The summed E-state index contributed by atoms with van der Waals surface area (Å²) in [6.45, 7) is 0. The molecule has 4 heteroatoms. The van der Waals surface area contributed by atoms with Gasteiger partial charge in [-0.3, -0.25) is 4.79 Å². The van der Waals surface area contributed by atoms with Gasteiger partial charge >= 0.3 is 5.97 Å². The second kappa shape index (κ2) is 3.49. The number of aryl methyl sites for hydroxylation is 1. The third kappa shape index (κ3) is 1.74. The van der Waals surface area contributed by atoms with E-state index in [-0.39, 0.29) is 6.42 Å². The number of hydrogen-bond donors (Lipinski definition) is 2. The number of aliphatic carboxylic acids is 1. The van der Waals surface area contributed by atoms with Crippen LogP contribution in [0.2, 0.25) is 0 Å². The summed E-state index contributed by atoms with van der Waals surface area (Å²) in [5.41, 5.74) is 1.75. The number of rotatable bonds is 3. The number of benzene rings is 1. The van der Waals surface area contributed by atoms with E-state index in [1.165, 1.54) is 0 Å². The van der Waals surface area contributed by atoms with Gasteiger partial charge in [0.2, 0.25) is 0 Å². The molecule has 0 fully saturated rings. The van der Waals surface area contributed by atoms with Gasteiger partial charge in [-0.15, -0.1) is 0 Å². The van der Waals surface area contributed by atoms with Gasteiger partial charge in [-0.2, -0.15) is 0 Å². The molecule has 4 nitrogen and oxygen atoms in total. The Morgan fingerprint density at radius 1 is 1.64 bits per heavy atom. The van der Waals surface area contributed by atoms with Crippen LogP contribution in [0, 0.1) is 6.07 Å². The van der Waals surface area contributed by atoms with Crippen molar-refractivity contribution in [1.29, 1.82) is 0 Å². The van der Waals surface area contributed by atoms with E-state index in [0.717, 1.165) is 11.0 Å². The average Bonchev–Trinajstić information content (AvgIpc) is 2.57. The molecule has 0 aliphatic carbocycles. The second-order valence-electron chi connectivity index (χ2n) is 3.02. The van der Waals surface area contributed by atoms with Gasteiger partial charge in [-0.25, -0.2) is 4.98 Å². The Morgan fingerprint density at radius 2 is 2.50 bits per heavy atom. The lowest BCUT2D eigenvalue weighted by Gasteiger charge is -1.89. The third-order valence-corrected chi connectivity index (χ3v) is 1.95. The molecule has 0 amide bonds. The molecule has 1 radical (unpaired) electrons. The molecule has 0 unspecified atom stereocenters. The van der Waals surface area contributed by atoms with Crippen LogP contribution in [-0.2, 0) is 11.2 Å². The Labute approximate surface area is 80.6 Å². The summed E-state index contributed by atoms with van der Waals surface area (Å²) < 4.78 is 0. The monoisotopic (exact) mass is 189 g/mol. The average molecular weight is 189 g/mol. The lowest BCUT2D eigenvalue weighted by Crippen LogP contribution is -1.98. The lowest BCUT2D eigenvalue weighted by atomic mass is 10.3. The summed E-state index contributed by atoms with van der Waals surface area (Å²) in [5, 5.41) is 8.50. The topological polar surface area (TPSA) is 66.0 Å². The molecule has 0 aliphatic heterocycles. The number of nitrogens with zero attached hydrogens (tertiary/aromatic N) is 1. The van der Waals surface area contributed by atoms with E-state index < -0.39 is 5.97 Å². The first-order valence-electron chi connectivity index (χ1n) is 4.32. The van der Waals surface area contributed by atoms with E-state index >= 15 is 0 Å². The normalized spacial score (nSPS) is 10.6. The number of H-pyrrole nitrogens is 1. The zero-order chi connectivity index (χ0) is 9.97. The number of carboxylic acids is 1. The molecule has 2 aromatic rings. The molecular formula is C10H9N2O2. The maximum absolute atomic E-state index is 10.3. The summed E-state index contributed by atoms with van der Waals surface area (Å²) >= 11 is 0. The van der Waals surface area contributed by atoms with Gasteiger partial charge in [0.05, 0.1) is 17.5 Å². The summed E-state index contributed by atoms with van der Waals surface area (Å²) in [5.74, 6) is -0.0981. The van der Waals surface area contributed by atoms with Gasteiger partial charge in [0.15, 0.2) is 0 Å². The maximum atomic E-state index is 10.3. The first kappa shape index (κ1) is 8.74. The molecule has 2 N–H and O–H groups in total. The second-order valence-corrected chi connectivity index (χ2v) is 3.02. The molecule has 71 valence electrons. The van der Waals surface area contributed by atoms with Gasteiger partial charge in [0, 0.05) is 6.42 Å². The van der Waals surface area contributed by atoms with E-state index in [1.54, 1.807) is 12.1 Å². The Hall–Kier alpha value is -1.84. The zero-order valence-corrected chi connectivity index (χ0v) is 7.45. The van der Waals surface area contributed by atoms with E-state index in [4.69, 9.17) is 5.11 Å². The minimum Gasteiger partial charge on any atom is -0.481 e. The number of aromatic nitrogens is 2. The first-order valence-corrected chi connectivity index (χ1v) is 4.32. The van der Waals surface area contributed by atoms with Crippen LogP contribution in [0.1, 0.15) is 12.2 Å². The van der Waals surface area contributed by atoms with Crippen molar-refractivity contribution in [1.82, 2.24) is 9.97 Å². The Morgan fingerprint density at radius 3 is 3.21 bits per heavy atom. The van der Waals surface area contributed by atoms with Crippen LogP contribution < -0.4 is 0 Å². The molecule has 0 aliphatic rings. The molecular weight excluding hydrogens is 180 g/mol. The van der Waals surface area contributed by atoms with Crippen molar-refractivity contribution < 1.29 is 9.90 Å². The van der Waals surface area contributed by atoms with Crippen molar-refractivity contribution in [3.05, 3.63) is 30.1 Å². The number of hydrogen-bond acceptors (Lipinski definition) is 2. The molecule has 0 spiro atoms. The van der Waals surface area contributed by atoms with Crippen LogP contribution in [0.15, 0.2) is 18.2 Å². The van der Waals surface area contributed by atoms with Crippen molar-refractivity contribution in [3.8, 4) is 0 Å². The molecule has 0 saturated heterocycles. The van der Waals surface area contributed by atoms with Gasteiger partial charge in [0.1, 0.15) is 5.82 Å². The zero-order valence-electron chi connectivity index (χ0n) is 7.45. The minimum atomic E-state index is -0.808. The van der Waals surface area contributed by atoms with Crippen molar-refractivity contribution in [2.75, 3.05) is 0 Å². The largest absolute Gasteiger partial charge is 0.481 e. The number of carbonyl (C=O) groups is 1. The number of imidazole rings is 1. The van der Waals surface area contributed by atoms with Crippen LogP contribution in [0.25, 0.3) is 11.0 Å². The number of fused-ring (bicyclic) bond motifs is 1. The van der Waals surface area contributed by atoms with Crippen LogP contribution in [0.3, 0.4) is 0 Å². The molecule has 2 rings (SSSR count). The quantitative estimate of drug-likeness (QED) is 0.766. The number of nitrogens with one attached hydrogen (secondary N) is 1. The van der Waals surface area contributed by atoms with Gasteiger partial charge in [-0.05, 0) is 18.2 Å². The fourth-order valence-corrected chi connectivity index (χ4v) is 1.29. The highest BCUT2D eigenvalue weighted by molar-refractivity contribution is 5.74. The molecule has 0 bridgehead atoms. The van der Waals surface area contributed by atoms with Crippen LogP contribution >= 0.6 is 0 Å². The predicted octanol–water partition coefficient (Wildman–Crippen LogP) is 1.38. The maximum Gasteiger partial charge on any atom is 0.303 e. The Bertz CT molecular complexity index is 429. The minimum absolute atomic E-state index is 0.101. The van der Waals surface area contributed by atoms with Gasteiger partial charge < -0.3 is 10.1 Å². The molecule has 14 heavy (non-hydrogen) atoms. The van der Waals surface area contributed by atoms with Crippen LogP contribution in [0.4, 0.5) is 0 Å². The van der Waals surface area contributed by atoms with Crippen LogP contribution in [-0.4, -0.2) is 21.0 Å².